The standard InChI is InChI=1S/C20H13ClN4O3/c21-15-11-12(25(27)28)9-10-13(15)20(26)24-16-6-2-1-5-14(16)19-22-17-7-3-4-8-18(17)23-19/h1-11H,(H,22,23)(H,24,26). The van der Waals surface area contributed by atoms with Gasteiger partial charge in [-0.15, -0.1) is 0 Å². The number of para-hydroxylation sites is 3. The molecule has 8 heteroatoms. The molecule has 0 unspecified atom stereocenters. The van der Waals surface area contributed by atoms with Gasteiger partial charge in [-0.2, -0.15) is 0 Å². The predicted molar refractivity (Wildman–Crippen MR) is 108 cm³/mol. The number of hydrogen-bond acceptors (Lipinski definition) is 4. The van der Waals surface area contributed by atoms with E-state index in [0.717, 1.165) is 17.1 Å². The van der Waals surface area contributed by atoms with Gasteiger partial charge in [-0.25, -0.2) is 4.98 Å². The SMILES string of the molecule is O=C(Nc1ccccc1-c1nc2ccccc2[nH]1)c1ccc([N+](=O)[O-])cc1Cl. The van der Waals surface area contributed by atoms with Crippen molar-refractivity contribution in [2.45, 2.75) is 0 Å². The molecule has 0 spiro atoms. The number of non-ortho nitro benzene ring substituents is 1. The highest BCUT2D eigenvalue weighted by Gasteiger charge is 2.17. The molecule has 0 atom stereocenters. The lowest BCUT2D eigenvalue weighted by molar-refractivity contribution is -0.384. The summed E-state index contributed by atoms with van der Waals surface area (Å²) in [7, 11) is 0. The minimum atomic E-state index is -0.565. The normalized spacial score (nSPS) is 10.8. The van der Waals surface area contributed by atoms with Crippen LogP contribution in [-0.4, -0.2) is 20.8 Å². The van der Waals surface area contributed by atoms with Crippen molar-refractivity contribution in [2.75, 3.05) is 5.32 Å². The molecule has 0 aliphatic rings. The number of amides is 1. The highest BCUT2D eigenvalue weighted by Crippen LogP contribution is 2.29. The van der Waals surface area contributed by atoms with Gasteiger partial charge in [0.25, 0.3) is 11.6 Å². The number of benzene rings is 3. The molecule has 0 aliphatic carbocycles. The minimum Gasteiger partial charge on any atom is -0.338 e. The number of hydrogen-bond donors (Lipinski definition) is 2. The van der Waals surface area contributed by atoms with Gasteiger partial charge in [0.05, 0.1) is 32.2 Å². The van der Waals surface area contributed by atoms with E-state index in [4.69, 9.17) is 11.6 Å². The van der Waals surface area contributed by atoms with Gasteiger partial charge in [-0.05, 0) is 30.3 Å². The van der Waals surface area contributed by atoms with Gasteiger partial charge in [-0.3, -0.25) is 14.9 Å². The number of aromatic amines is 1. The van der Waals surface area contributed by atoms with Crippen molar-refractivity contribution in [3.8, 4) is 11.4 Å². The first-order valence-corrected chi connectivity index (χ1v) is 8.70. The van der Waals surface area contributed by atoms with Gasteiger partial charge in [0, 0.05) is 17.7 Å². The molecule has 2 N–H and O–H groups in total. The van der Waals surface area contributed by atoms with Crippen LogP contribution >= 0.6 is 11.6 Å². The first-order chi connectivity index (χ1) is 13.5. The Morgan fingerprint density at radius 1 is 1.07 bits per heavy atom. The first kappa shape index (κ1) is 17.7. The molecule has 0 radical (unpaired) electrons. The average molecular weight is 393 g/mol. The fourth-order valence-electron chi connectivity index (χ4n) is 2.87. The molecule has 4 rings (SSSR count). The van der Waals surface area contributed by atoms with Gasteiger partial charge in [0.15, 0.2) is 0 Å². The van der Waals surface area contributed by atoms with E-state index in [0.29, 0.717) is 17.1 Å². The maximum absolute atomic E-state index is 12.7. The Bertz CT molecular complexity index is 1190. The lowest BCUT2D eigenvalue weighted by Gasteiger charge is -2.10. The molecule has 1 heterocycles. The second kappa shape index (κ2) is 7.13. The number of anilines is 1. The van der Waals surface area contributed by atoms with Crippen molar-refractivity contribution < 1.29 is 9.72 Å². The van der Waals surface area contributed by atoms with Crippen LogP contribution in [-0.2, 0) is 0 Å². The Morgan fingerprint density at radius 2 is 1.82 bits per heavy atom. The van der Waals surface area contributed by atoms with Crippen LogP contribution in [0.25, 0.3) is 22.4 Å². The zero-order chi connectivity index (χ0) is 19.7. The van der Waals surface area contributed by atoms with Crippen molar-refractivity contribution >= 4 is 39.9 Å². The minimum absolute atomic E-state index is 0.00733. The summed E-state index contributed by atoms with van der Waals surface area (Å²) in [6.07, 6.45) is 0. The van der Waals surface area contributed by atoms with Crippen molar-refractivity contribution in [2.24, 2.45) is 0 Å². The maximum atomic E-state index is 12.7. The zero-order valence-electron chi connectivity index (χ0n) is 14.3. The highest BCUT2D eigenvalue weighted by molar-refractivity contribution is 6.34. The third-order valence-corrected chi connectivity index (χ3v) is 4.54. The molecule has 7 nitrogen and oxygen atoms in total. The third-order valence-electron chi connectivity index (χ3n) is 4.23. The number of H-pyrrole nitrogens is 1. The molecule has 1 amide bonds. The molecule has 0 fully saturated rings. The van der Waals surface area contributed by atoms with Gasteiger partial charge in [0.2, 0.25) is 0 Å². The van der Waals surface area contributed by atoms with Gasteiger partial charge in [0.1, 0.15) is 5.82 Å². The number of imidazole rings is 1. The van der Waals surface area contributed by atoms with Crippen LogP contribution in [0.1, 0.15) is 10.4 Å². The van der Waals surface area contributed by atoms with Crippen molar-refractivity contribution in [1.29, 1.82) is 0 Å². The Morgan fingerprint density at radius 3 is 2.57 bits per heavy atom. The molecule has 0 aliphatic heterocycles. The number of carbonyl (C=O) groups excluding carboxylic acids is 1. The van der Waals surface area contributed by atoms with E-state index in [9.17, 15) is 14.9 Å². The zero-order valence-corrected chi connectivity index (χ0v) is 15.1. The van der Waals surface area contributed by atoms with Crippen LogP contribution in [0.5, 0.6) is 0 Å². The number of nitrogens with one attached hydrogen (secondary N) is 2. The molecule has 138 valence electrons. The molecular weight excluding hydrogens is 380 g/mol. The summed E-state index contributed by atoms with van der Waals surface area (Å²) in [4.78, 5) is 30.7. The van der Waals surface area contributed by atoms with E-state index in [1.807, 2.05) is 36.4 Å². The molecule has 1 aromatic heterocycles. The van der Waals surface area contributed by atoms with Crippen LogP contribution < -0.4 is 5.32 Å². The smallest absolute Gasteiger partial charge is 0.270 e. The number of halogens is 1. The Balaban J connectivity index is 1.67. The Kier molecular flexibility index (Phi) is 4.50. The summed E-state index contributed by atoms with van der Waals surface area (Å²) >= 11 is 6.06. The third kappa shape index (κ3) is 3.30. The molecular formula is C20H13ClN4O3. The van der Waals surface area contributed by atoms with E-state index in [1.165, 1.54) is 12.1 Å². The van der Waals surface area contributed by atoms with Gasteiger partial charge < -0.3 is 10.3 Å². The van der Waals surface area contributed by atoms with Crippen LogP contribution in [0.2, 0.25) is 5.02 Å². The highest BCUT2D eigenvalue weighted by atomic mass is 35.5. The van der Waals surface area contributed by atoms with Crippen LogP contribution in [0.4, 0.5) is 11.4 Å². The quantitative estimate of drug-likeness (QED) is 0.375. The molecule has 28 heavy (non-hydrogen) atoms. The topological polar surface area (TPSA) is 101 Å². The summed E-state index contributed by atoms with van der Waals surface area (Å²) in [6.45, 7) is 0. The summed E-state index contributed by atoms with van der Waals surface area (Å²) in [5, 5.41) is 13.6. The van der Waals surface area contributed by atoms with Crippen LogP contribution in [0, 0.1) is 10.1 Å². The number of nitro benzene ring substituents is 1. The molecule has 0 bridgehead atoms. The summed E-state index contributed by atoms with van der Waals surface area (Å²) in [6, 6.07) is 18.6. The van der Waals surface area contributed by atoms with Crippen molar-refractivity contribution in [3.05, 3.63) is 87.4 Å². The van der Waals surface area contributed by atoms with E-state index in [1.54, 1.807) is 12.1 Å². The fourth-order valence-corrected chi connectivity index (χ4v) is 3.13. The molecule has 3 aromatic carbocycles. The Labute approximate surface area is 164 Å². The van der Waals surface area contributed by atoms with E-state index in [2.05, 4.69) is 15.3 Å². The van der Waals surface area contributed by atoms with Crippen molar-refractivity contribution in [1.82, 2.24) is 9.97 Å². The fraction of sp³-hybridized carbons (Fsp3) is 0. The predicted octanol–water partition coefficient (Wildman–Crippen LogP) is 5.04. The largest absolute Gasteiger partial charge is 0.338 e. The maximum Gasteiger partial charge on any atom is 0.270 e. The number of carbonyl (C=O) groups is 1. The number of nitro groups is 1. The van der Waals surface area contributed by atoms with E-state index < -0.39 is 10.8 Å². The second-order valence-electron chi connectivity index (χ2n) is 6.02. The Hall–Kier alpha value is -3.71. The van der Waals surface area contributed by atoms with Crippen LogP contribution in [0.3, 0.4) is 0 Å². The van der Waals surface area contributed by atoms with Gasteiger partial charge in [-0.1, -0.05) is 35.9 Å². The molecule has 0 saturated heterocycles. The average Bonchev–Trinajstić information content (AvgIpc) is 3.12. The van der Waals surface area contributed by atoms with Crippen molar-refractivity contribution in [3.63, 3.8) is 0 Å². The number of rotatable bonds is 4. The monoisotopic (exact) mass is 392 g/mol. The van der Waals surface area contributed by atoms with Crippen LogP contribution in [0.15, 0.2) is 66.7 Å². The summed E-state index contributed by atoms with van der Waals surface area (Å²) in [5.41, 5.74) is 2.93. The molecule has 4 aromatic rings. The summed E-state index contributed by atoms with van der Waals surface area (Å²) < 4.78 is 0. The number of aromatic nitrogens is 2. The summed E-state index contributed by atoms with van der Waals surface area (Å²) in [5.74, 6) is 0.148. The number of nitrogens with zero attached hydrogens (tertiary/aromatic N) is 2. The lowest BCUT2D eigenvalue weighted by Crippen LogP contribution is -2.13. The van der Waals surface area contributed by atoms with E-state index >= 15 is 0 Å². The second-order valence-corrected chi connectivity index (χ2v) is 6.43. The lowest BCUT2D eigenvalue weighted by atomic mass is 10.1. The number of fused-ring (bicyclic) bond motifs is 1. The molecule has 0 saturated carbocycles. The first-order valence-electron chi connectivity index (χ1n) is 8.32. The van der Waals surface area contributed by atoms with Gasteiger partial charge >= 0.3 is 0 Å². The van der Waals surface area contributed by atoms with E-state index in [-0.39, 0.29) is 16.3 Å².